The van der Waals surface area contributed by atoms with Crippen molar-refractivity contribution in [2.45, 2.75) is 19.3 Å². The minimum atomic E-state index is 0.108. The molecule has 0 unspecified atom stereocenters. The number of carbonyl (C=O) groups is 1. The zero-order chi connectivity index (χ0) is 10.8. The number of hydrogen-bond donors (Lipinski definition) is 0. The second kappa shape index (κ2) is 4.19. The monoisotopic (exact) mass is 225 g/mol. The highest BCUT2D eigenvalue weighted by Gasteiger charge is 2.27. The van der Waals surface area contributed by atoms with Gasteiger partial charge in [-0.05, 0) is 25.0 Å². The van der Waals surface area contributed by atoms with Crippen LogP contribution < -0.4 is 4.74 Å². The summed E-state index contributed by atoms with van der Waals surface area (Å²) in [5, 5.41) is 0.433. The third kappa shape index (κ3) is 1.97. The third-order valence-electron chi connectivity index (χ3n) is 2.74. The number of ether oxygens (including phenoxy) is 1. The van der Waals surface area contributed by atoms with E-state index < -0.39 is 0 Å². The molecule has 15 heavy (non-hydrogen) atoms. The molecule has 0 amide bonds. The number of halogens is 1. The molecule has 1 fully saturated rings. The summed E-state index contributed by atoms with van der Waals surface area (Å²) in [6.45, 7) is 0. The van der Waals surface area contributed by atoms with Crippen LogP contribution in [-0.4, -0.2) is 17.9 Å². The van der Waals surface area contributed by atoms with E-state index in [2.05, 4.69) is 4.98 Å². The van der Waals surface area contributed by atoms with Crippen molar-refractivity contribution in [2.75, 3.05) is 7.11 Å². The summed E-state index contributed by atoms with van der Waals surface area (Å²) in [6.07, 6.45) is 3.10. The van der Waals surface area contributed by atoms with Crippen molar-refractivity contribution in [3.8, 4) is 5.88 Å². The number of ketones is 1. The molecule has 1 heterocycles. The second-order valence-electron chi connectivity index (χ2n) is 3.68. The molecule has 0 N–H and O–H groups in total. The summed E-state index contributed by atoms with van der Waals surface area (Å²) in [7, 11) is 1.49. The molecule has 1 aliphatic carbocycles. The van der Waals surface area contributed by atoms with Gasteiger partial charge in [-0.25, -0.2) is 4.98 Å². The fraction of sp³-hybridized carbons (Fsp3) is 0.455. The van der Waals surface area contributed by atoms with Crippen LogP contribution in [0.15, 0.2) is 12.1 Å². The average molecular weight is 226 g/mol. The zero-order valence-electron chi connectivity index (χ0n) is 8.50. The van der Waals surface area contributed by atoms with E-state index in [9.17, 15) is 4.79 Å². The number of Topliss-reactive ketones (excluding diaryl/α,β-unsaturated/α-hetero) is 1. The number of nitrogens with zero attached hydrogens (tertiary/aromatic N) is 1. The smallest absolute Gasteiger partial charge is 0.232 e. The fourth-order valence-corrected chi connectivity index (χ4v) is 1.77. The summed E-state index contributed by atoms with van der Waals surface area (Å²) < 4.78 is 4.97. The molecule has 1 aromatic heterocycles. The molecule has 0 aromatic carbocycles. The first kappa shape index (κ1) is 10.4. The average Bonchev–Trinajstić information content (AvgIpc) is 2.15. The molecule has 3 nitrogen and oxygen atoms in total. The van der Waals surface area contributed by atoms with Gasteiger partial charge in [0.05, 0.1) is 7.11 Å². The van der Waals surface area contributed by atoms with Crippen LogP contribution in [0.2, 0.25) is 5.02 Å². The number of carbonyl (C=O) groups excluding carboxylic acids is 1. The Morgan fingerprint density at radius 1 is 1.53 bits per heavy atom. The summed E-state index contributed by atoms with van der Waals surface area (Å²) in [4.78, 5) is 15.9. The van der Waals surface area contributed by atoms with Crippen molar-refractivity contribution in [1.29, 1.82) is 0 Å². The first-order valence-electron chi connectivity index (χ1n) is 4.97. The largest absolute Gasteiger partial charge is 0.480 e. The van der Waals surface area contributed by atoms with E-state index in [1.165, 1.54) is 7.11 Å². The maximum Gasteiger partial charge on any atom is 0.232 e. The number of rotatable bonds is 3. The highest BCUT2D eigenvalue weighted by molar-refractivity contribution is 6.31. The zero-order valence-corrected chi connectivity index (χ0v) is 9.25. The van der Waals surface area contributed by atoms with Gasteiger partial charge in [-0.2, -0.15) is 0 Å². The van der Waals surface area contributed by atoms with Crippen molar-refractivity contribution < 1.29 is 9.53 Å². The van der Waals surface area contributed by atoms with E-state index in [-0.39, 0.29) is 11.7 Å². The van der Waals surface area contributed by atoms with Crippen LogP contribution in [0.5, 0.6) is 5.88 Å². The van der Waals surface area contributed by atoms with Crippen LogP contribution in [0.3, 0.4) is 0 Å². The van der Waals surface area contributed by atoms with Crippen LogP contribution in [-0.2, 0) is 0 Å². The highest BCUT2D eigenvalue weighted by atomic mass is 35.5. The molecule has 0 spiro atoms. The van der Waals surface area contributed by atoms with Gasteiger partial charge in [0, 0.05) is 5.92 Å². The Bertz CT molecular complexity index is 388. The first-order valence-corrected chi connectivity index (χ1v) is 5.35. The van der Waals surface area contributed by atoms with E-state index in [1.54, 1.807) is 12.1 Å². The van der Waals surface area contributed by atoms with Gasteiger partial charge in [0.2, 0.25) is 5.88 Å². The summed E-state index contributed by atoms with van der Waals surface area (Å²) in [5.74, 6) is 0.585. The van der Waals surface area contributed by atoms with Gasteiger partial charge >= 0.3 is 0 Å². The van der Waals surface area contributed by atoms with E-state index in [4.69, 9.17) is 16.3 Å². The topological polar surface area (TPSA) is 39.2 Å². The quantitative estimate of drug-likeness (QED) is 0.743. The van der Waals surface area contributed by atoms with Crippen LogP contribution in [0.25, 0.3) is 0 Å². The molecular formula is C11H12ClNO2. The molecule has 0 saturated heterocycles. The molecular weight excluding hydrogens is 214 g/mol. The molecule has 1 aromatic rings. The SMILES string of the molecule is COc1nc(C(=O)C2CCC2)ccc1Cl. The van der Waals surface area contributed by atoms with Crippen LogP contribution in [0.1, 0.15) is 29.8 Å². The first-order chi connectivity index (χ1) is 7.22. The minimum absolute atomic E-state index is 0.108. The Hall–Kier alpha value is -1.09. The molecule has 0 aliphatic heterocycles. The molecule has 80 valence electrons. The number of methoxy groups -OCH3 is 1. The van der Waals surface area contributed by atoms with Crippen LogP contribution >= 0.6 is 11.6 Å². The molecule has 0 atom stereocenters. The van der Waals surface area contributed by atoms with Gasteiger partial charge in [0.15, 0.2) is 5.78 Å². The maximum absolute atomic E-state index is 11.8. The highest BCUT2D eigenvalue weighted by Crippen LogP contribution is 2.30. The molecule has 2 rings (SSSR count). The van der Waals surface area contributed by atoms with Gasteiger partial charge < -0.3 is 4.74 Å². The Morgan fingerprint density at radius 3 is 2.80 bits per heavy atom. The Kier molecular flexibility index (Phi) is 2.91. The van der Waals surface area contributed by atoms with Gasteiger partial charge in [0.25, 0.3) is 0 Å². The summed E-state index contributed by atoms with van der Waals surface area (Å²) in [6, 6.07) is 3.31. The maximum atomic E-state index is 11.8. The number of pyridine rings is 1. The van der Waals surface area contributed by atoms with Crippen molar-refractivity contribution >= 4 is 17.4 Å². The van der Waals surface area contributed by atoms with E-state index in [1.807, 2.05) is 0 Å². The lowest BCUT2D eigenvalue weighted by Crippen LogP contribution is -2.22. The van der Waals surface area contributed by atoms with E-state index in [0.29, 0.717) is 16.6 Å². The van der Waals surface area contributed by atoms with Crippen molar-refractivity contribution in [3.63, 3.8) is 0 Å². The van der Waals surface area contributed by atoms with Crippen LogP contribution in [0, 0.1) is 5.92 Å². The second-order valence-corrected chi connectivity index (χ2v) is 4.09. The fourth-order valence-electron chi connectivity index (χ4n) is 1.58. The lowest BCUT2D eigenvalue weighted by atomic mass is 9.81. The molecule has 0 radical (unpaired) electrons. The van der Waals surface area contributed by atoms with Crippen LogP contribution in [0.4, 0.5) is 0 Å². The minimum Gasteiger partial charge on any atom is -0.480 e. The molecule has 1 saturated carbocycles. The van der Waals surface area contributed by atoms with Gasteiger partial charge in [-0.15, -0.1) is 0 Å². The van der Waals surface area contributed by atoms with Gasteiger partial charge in [-0.1, -0.05) is 18.0 Å². The van der Waals surface area contributed by atoms with Crippen molar-refractivity contribution in [1.82, 2.24) is 4.98 Å². The van der Waals surface area contributed by atoms with Gasteiger partial charge in [0.1, 0.15) is 10.7 Å². The Labute approximate surface area is 93.4 Å². The normalized spacial score (nSPS) is 15.9. The lowest BCUT2D eigenvalue weighted by molar-refractivity contribution is 0.0849. The Morgan fingerprint density at radius 2 is 2.27 bits per heavy atom. The number of aromatic nitrogens is 1. The van der Waals surface area contributed by atoms with Crippen molar-refractivity contribution in [2.24, 2.45) is 5.92 Å². The predicted molar refractivity (Wildman–Crippen MR) is 57.5 cm³/mol. The number of hydrogen-bond acceptors (Lipinski definition) is 3. The molecule has 0 bridgehead atoms. The van der Waals surface area contributed by atoms with Gasteiger partial charge in [-0.3, -0.25) is 4.79 Å². The molecule has 1 aliphatic rings. The predicted octanol–water partition coefficient (Wildman–Crippen LogP) is 2.73. The van der Waals surface area contributed by atoms with E-state index >= 15 is 0 Å². The summed E-state index contributed by atoms with van der Waals surface area (Å²) >= 11 is 5.83. The Balaban J connectivity index is 2.24. The standard InChI is InChI=1S/C11H12ClNO2/c1-15-11-8(12)5-6-9(13-11)10(14)7-3-2-4-7/h5-7H,2-4H2,1H3. The summed E-state index contributed by atoms with van der Waals surface area (Å²) in [5.41, 5.74) is 0.459. The van der Waals surface area contributed by atoms with Crippen molar-refractivity contribution in [3.05, 3.63) is 22.8 Å². The third-order valence-corrected chi connectivity index (χ3v) is 3.02. The molecule has 4 heteroatoms. The van der Waals surface area contributed by atoms with E-state index in [0.717, 1.165) is 19.3 Å². The lowest BCUT2D eigenvalue weighted by Gasteiger charge is -2.23.